The summed E-state index contributed by atoms with van der Waals surface area (Å²) in [5.74, 6) is -0.274. The van der Waals surface area contributed by atoms with Crippen LogP contribution in [-0.2, 0) is 6.54 Å². The minimum atomic E-state index is -0.343. The maximum atomic E-state index is 14.2. The Labute approximate surface area is 121 Å². The third-order valence-corrected chi connectivity index (χ3v) is 3.36. The topological polar surface area (TPSA) is 25.2 Å². The summed E-state index contributed by atoms with van der Waals surface area (Å²) >= 11 is 0. The highest BCUT2D eigenvalue weighted by atomic mass is 19.1. The largest absolute Gasteiger partial charge is 0.456 e. The zero-order valence-electron chi connectivity index (χ0n) is 11.6. The molecule has 2 aromatic carbocycles. The molecule has 0 amide bonds. The maximum absolute atomic E-state index is 14.2. The predicted octanol–water partition coefficient (Wildman–Crippen LogP) is 4.49. The van der Waals surface area contributed by atoms with Gasteiger partial charge >= 0.3 is 0 Å². The molecule has 3 aromatic rings. The van der Waals surface area contributed by atoms with E-state index in [4.69, 9.17) is 4.42 Å². The Hall–Kier alpha value is -2.20. The third-order valence-electron chi connectivity index (χ3n) is 3.36. The van der Waals surface area contributed by atoms with Crippen LogP contribution in [-0.4, -0.2) is 6.54 Å². The van der Waals surface area contributed by atoms with Crippen LogP contribution in [0.5, 0.6) is 0 Å². The summed E-state index contributed by atoms with van der Waals surface area (Å²) in [7, 11) is 0. The van der Waals surface area contributed by atoms with Crippen LogP contribution in [0.1, 0.15) is 12.5 Å². The molecule has 21 heavy (non-hydrogen) atoms. The van der Waals surface area contributed by atoms with Gasteiger partial charge in [-0.15, -0.1) is 0 Å². The van der Waals surface area contributed by atoms with Crippen LogP contribution in [0.4, 0.5) is 8.78 Å². The van der Waals surface area contributed by atoms with Crippen LogP contribution in [0.25, 0.3) is 22.3 Å². The molecule has 0 radical (unpaired) electrons. The molecular weight excluding hydrogens is 272 g/mol. The molecule has 0 aliphatic heterocycles. The fourth-order valence-corrected chi connectivity index (χ4v) is 2.28. The maximum Gasteiger partial charge on any atom is 0.138 e. The van der Waals surface area contributed by atoms with E-state index in [2.05, 4.69) is 5.32 Å². The average molecular weight is 287 g/mol. The van der Waals surface area contributed by atoms with Gasteiger partial charge in [0.2, 0.25) is 0 Å². The van der Waals surface area contributed by atoms with Gasteiger partial charge in [-0.1, -0.05) is 13.0 Å². The molecule has 1 N–H and O–H groups in total. The molecule has 4 heteroatoms. The van der Waals surface area contributed by atoms with Gasteiger partial charge in [-0.3, -0.25) is 0 Å². The first-order chi connectivity index (χ1) is 10.2. The Morgan fingerprint density at radius 1 is 1.05 bits per heavy atom. The number of furan rings is 1. The summed E-state index contributed by atoms with van der Waals surface area (Å²) in [6, 6.07) is 10.9. The second kappa shape index (κ2) is 5.66. The summed E-state index contributed by atoms with van der Waals surface area (Å²) in [4.78, 5) is 0. The first-order valence-corrected chi connectivity index (χ1v) is 6.86. The monoisotopic (exact) mass is 287 g/mol. The van der Waals surface area contributed by atoms with Gasteiger partial charge in [0.1, 0.15) is 23.0 Å². The highest BCUT2D eigenvalue weighted by Crippen LogP contribution is 2.30. The summed E-state index contributed by atoms with van der Waals surface area (Å²) in [5.41, 5.74) is 1.80. The van der Waals surface area contributed by atoms with Crippen molar-refractivity contribution < 1.29 is 13.2 Å². The lowest BCUT2D eigenvalue weighted by molar-refractivity contribution is 0.597. The first-order valence-electron chi connectivity index (χ1n) is 6.86. The van der Waals surface area contributed by atoms with Crippen LogP contribution < -0.4 is 5.32 Å². The Kier molecular flexibility index (Phi) is 3.71. The molecule has 108 valence electrons. The molecule has 0 spiro atoms. The van der Waals surface area contributed by atoms with Crippen molar-refractivity contribution in [3.63, 3.8) is 0 Å². The quantitative estimate of drug-likeness (QED) is 0.765. The van der Waals surface area contributed by atoms with Gasteiger partial charge in [-0.2, -0.15) is 0 Å². The minimum absolute atomic E-state index is 0.337. The van der Waals surface area contributed by atoms with Gasteiger partial charge in [-0.25, -0.2) is 8.78 Å². The number of rotatable bonds is 4. The number of nitrogens with one attached hydrogen (secondary N) is 1. The lowest BCUT2D eigenvalue weighted by Gasteiger charge is -2.04. The smallest absolute Gasteiger partial charge is 0.138 e. The molecule has 0 unspecified atom stereocenters. The molecule has 0 bridgehead atoms. The van der Waals surface area contributed by atoms with Gasteiger partial charge in [0.25, 0.3) is 0 Å². The molecule has 0 saturated carbocycles. The van der Waals surface area contributed by atoms with Gasteiger partial charge in [0.15, 0.2) is 0 Å². The van der Waals surface area contributed by atoms with Crippen molar-refractivity contribution in [1.82, 2.24) is 5.32 Å². The van der Waals surface area contributed by atoms with E-state index >= 15 is 0 Å². The lowest BCUT2D eigenvalue weighted by Crippen LogP contribution is -2.11. The summed E-state index contributed by atoms with van der Waals surface area (Å²) in [5, 5.41) is 3.77. The Balaban J connectivity index is 1.98. The van der Waals surface area contributed by atoms with Crippen LogP contribution in [0.2, 0.25) is 0 Å². The minimum Gasteiger partial charge on any atom is -0.456 e. The van der Waals surface area contributed by atoms with Crippen molar-refractivity contribution in [1.29, 1.82) is 0 Å². The van der Waals surface area contributed by atoms with E-state index in [9.17, 15) is 8.78 Å². The number of halogens is 2. The zero-order valence-corrected chi connectivity index (χ0v) is 11.6. The second-order valence-electron chi connectivity index (χ2n) is 4.89. The Morgan fingerprint density at radius 2 is 1.90 bits per heavy atom. The van der Waals surface area contributed by atoms with Crippen LogP contribution in [0.3, 0.4) is 0 Å². The van der Waals surface area contributed by atoms with Gasteiger partial charge in [-0.05, 0) is 48.5 Å². The number of hydrogen-bond acceptors (Lipinski definition) is 2. The lowest BCUT2D eigenvalue weighted by atomic mass is 10.1. The van der Waals surface area contributed by atoms with Crippen molar-refractivity contribution >= 4 is 11.0 Å². The SMILES string of the molecule is CCNCc1ccc(-c2cc3cc(F)ccc3o2)c(F)c1. The molecular formula is C17H15F2NO. The predicted molar refractivity (Wildman–Crippen MR) is 78.9 cm³/mol. The fourth-order valence-electron chi connectivity index (χ4n) is 2.28. The molecule has 0 fully saturated rings. The molecule has 2 nitrogen and oxygen atoms in total. The van der Waals surface area contributed by atoms with E-state index in [1.54, 1.807) is 18.2 Å². The van der Waals surface area contributed by atoms with Crippen molar-refractivity contribution in [2.45, 2.75) is 13.5 Å². The van der Waals surface area contributed by atoms with Crippen molar-refractivity contribution in [2.75, 3.05) is 6.54 Å². The Morgan fingerprint density at radius 3 is 2.67 bits per heavy atom. The van der Waals surface area contributed by atoms with E-state index < -0.39 is 0 Å². The van der Waals surface area contributed by atoms with Crippen molar-refractivity contribution in [3.8, 4) is 11.3 Å². The van der Waals surface area contributed by atoms with Crippen LogP contribution in [0, 0.1) is 11.6 Å². The van der Waals surface area contributed by atoms with E-state index in [0.29, 0.717) is 28.8 Å². The van der Waals surface area contributed by atoms with E-state index in [-0.39, 0.29) is 11.6 Å². The molecule has 0 atom stereocenters. The number of hydrogen-bond donors (Lipinski definition) is 1. The van der Waals surface area contributed by atoms with Gasteiger partial charge in [0.05, 0.1) is 5.56 Å². The zero-order chi connectivity index (χ0) is 14.8. The third kappa shape index (κ3) is 2.81. The van der Waals surface area contributed by atoms with Gasteiger partial charge in [0, 0.05) is 11.9 Å². The molecule has 1 aromatic heterocycles. The van der Waals surface area contributed by atoms with Crippen molar-refractivity contribution in [2.24, 2.45) is 0 Å². The molecule has 1 heterocycles. The highest BCUT2D eigenvalue weighted by Gasteiger charge is 2.12. The summed E-state index contributed by atoms with van der Waals surface area (Å²) < 4.78 is 33.0. The Bertz CT molecular complexity index is 780. The molecule has 0 saturated heterocycles. The fraction of sp³-hybridized carbons (Fsp3) is 0.176. The van der Waals surface area contributed by atoms with Crippen LogP contribution in [0.15, 0.2) is 46.9 Å². The van der Waals surface area contributed by atoms with E-state index in [1.807, 2.05) is 13.0 Å². The molecule has 0 aliphatic rings. The number of fused-ring (bicyclic) bond motifs is 1. The highest BCUT2D eigenvalue weighted by molar-refractivity contribution is 5.82. The summed E-state index contributed by atoms with van der Waals surface area (Å²) in [6.07, 6.45) is 0. The summed E-state index contributed by atoms with van der Waals surface area (Å²) in [6.45, 7) is 3.45. The first kappa shape index (κ1) is 13.8. The average Bonchev–Trinajstić information content (AvgIpc) is 2.87. The van der Waals surface area contributed by atoms with Crippen molar-refractivity contribution in [3.05, 3.63) is 59.7 Å². The second-order valence-corrected chi connectivity index (χ2v) is 4.89. The standard InChI is InChI=1S/C17H15F2NO/c1-2-20-10-11-3-5-14(15(19)7-11)17-9-12-8-13(18)4-6-16(12)21-17/h3-9,20H,2,10H2,1H3. The molecule has 0 aliphatic carbocycles. The van der Waals surface area contributed by atoms with E-state index in [1.165, 1.54) is 18.2 Å². The normalized spacial score (nSPS) is 11.2. The molecule has 3 rings (SSSR count). The number of benzene rings is 2. The van der Waals surface area contributed by atoms with Crippen LogP contribution >= 0.6 is 0 Å². The van der Waals surface area contributed by atoms with E-state index in [0.717, 1.165) is 12.1 Å². The van der Waals surface area contributed by atoms with Gasteiger partial charge < -0.3 is 9.73 Å².